The van der Waals surface area contributed by atoms with Crippen molar-refractivity contribution in [1.29, 1.82) is 5.26 Å². The molecule has 0 aliphatic heterocycles. The second-order valence-electron chi connectivity index (χ2n) is 2.49. The molecule has 0 spiro atoms. The zero-order valence-corrected chi connectivity index (χ0v) is 6.92. The smallest absolute Gasteiger partial charge is 0.387 e. The van der Waals surface area contributed by atoms with Crippen molar-refractivity contribution in [2.45, 2.75) is 13.5 Å². The summed E-state index contributed by atoms with van der Waals surface area (Å²) in [7, 11) is 0. The van der Waals surface area contributed by atoms with E-state index in [1.807, 2.05) is 0 Å². The maximum Gasteiger partial charge on any atom is 0.387 e. The summed E-state index contributed by atoms with van der Waals surface area (Å²) < 4.78 is 27.8. The average Bonchev–Trinajstić information content (AvgIpc) is 2.03. The first-order valence-corrected chi connectivity index (χ1v) is 3.59. The maximum atomic E-state index is 11.8. The van der Waals surface area contributed by atoms with Gasteiger partial charge in [-0.25, -0.2) is 0 Å². The Balaban J connectivity index is 3.03. The third-order valence-corrected chi connectivity index (χ3v) is 1.47. The van der Waals surface area contributed by atoms with Crippen LogP contribution in [0.25, 0.3) is 0 Å². The molecule has 0 radical (unpaired) electrons. The van der Waals surface area contributed by atoms with Gasteiger partial charge in [0.2, 0.25) is 0 Å². The molecule has 0 atom stereocenters. The molecule has 0 heterocycles. The lowest BCUT2D eigenvalue weighted by molar-refractivity contribution is -0.0500. The number of nitrogens with zero attached hydrogens (tertiary/aromatic N) is 1. The van der Waals surface area contributed by atoms with Crippen molar-refractivity contribution < 1.29 is 13.5 Å². The lowest BCUT2D eigenvalue weighted by Crippen LogP contribution is -2.03. The fourth-order valence-electron chi connectivity index (χ4n) is 0.915. The number of alkyl halides is 2. The molecule has 68 valence electrons. The largest absolute Gasteiger partial charge is 0.433 e. The molecule has 2 nitrogen and oxygen atoms in total. The molecule has 4 heteroatoms. The Hall–Kier alpha value is -1.63. The van der Waals surface area contributed by atoms with Crippen LogP contribution in [0.1, 0.15) is 11.1 Å². The number of hydrogen-bond acceptors (Lipinski definition) is 2. The second kappa shape index (κ2) is 3.85. The summed E-state index contributed by atoms with van der Waals surface area (Å²) >= 11 is 0. The lowest BCUT2D eigenvalue weighted by atomic mass is 10.1. The minimum Gasteiger partial charge on any atom is -0.433 e. The van der Waals surface area contributed by atoms with Gasteiger partial charge in [0.1, 0.15) is 11.8 Å². The molecule has 1 aromatic carbocycles. The molecule has 0 saturated carbocycles. The SMILES string of the molecule is Cc1ccc(C#N)c(OC(F)F)c1. The number of hydrogen-bond donors (Lipinski definition) is 0. The summed E-state index contributed by atoms with van der Waals surface area (Å²) in [5.41, 5.74) is 0.889. The van der Waals surface area contributed by atoms with Crippen molar-refractivity contribution >= 4 is 0 Å². The van der Waals surface area contributed by atoms with Crippen LogP contribution >= 0.6 is 0 Å². The van der Waals surface area contributed by atoms with Crippen LogP contribution < -0.4 is 4.74 Å². The second-order valence-corrected chi connectivity index (χ2v) is 2.49. The third-order valence-electron chi connectivity index (χ3n) is 1.47. The molecule has 0 bridgehead atoms. The predicted molar refractivity (Wildman–Crippen MR) is 42.5 cm³/mol. The lowest BCUT2D eigenvalue weighted by Gasteiger charge is -2.06. The van der Waals surface area contributed by atoms with Crippen LogP contribution in [-0.4, -0.2) is 6.61 Å². The Morgan fingerprint density at radius 2 is 2.15 bits per heavy atom. The zero-order valence-electron chi connectivity index (χ0n) is 6.92. The summed E-state index contributed by atoms with van der Waals surface area (Å²) in [6.45, 7) is -1.16. The van der Waals surface area contributed by atoms with Crippen LogP contribution in [0.2, 0.25) is 0 Å². The van der Waals surface area contributed by atoms with Crippen molar-refractivity contribution in [3.8, 4) is 11.8 Å². The van der Waals surface area contributed by atoms with E-state index < -0.39 is 6.61 Å². The van der Waals surface area contributed by atoms with Gasteiger partial charge in [-0.15, -0.1) is 0 Å². The number of halogens is 2. The minimum absolute atomic E-state index is 0.0718. The fourth-order valence-corrected chi connectivity index (χ4v) is 0.915. The number of aryl methyl sites for hydroxylation is 1. The van der Waals surface area contributed by atoms with Crippen molar-refractivity contribution in [3.05, 3.63) is 29.3 Å². The van der Waals surface area contributed by atoms with Gasteiger partial charge in [0.25, 0.3) is 0 Å². The van der Waals surface area contributed by atoms with Crippen molar-refractivity contribution in [2.24, 2.45) is 0 Å². The first kappa shape index (κ1) is 9.46. The summed E-state index contributed by atoms with van der Waals surface area (Å²) in [4.78, 5) is 0. The van der Waals surface area contributed by atoms with Gasteiger partial charge in [0, 0.05) is 0 Å². The summed E-state index contributed by atoms with van der Waals surface area (Å²) in [6.07, 6.45) is 0. The van der Waals surface area contributed by atoms with E-state index in [9.17, 15) is 8.78 Å². The molecular formula is C9H7F2NO. The molecule has 1 aromatic rings. The van der Waals surface area contributed by atoms with Gasteiger partial charge >= 0.3 is 6.61 Å². The maximum absolute atomic E-state index is 11.8. The molecule has 0 aliphatic rings. The summed E-state index contributed by atoms with van der Waals surface area (Å²) in [5, 5.41) is 8.55. The van der Waals surface area contributed by atoms with E-state index in [2.05, 4.69) is 4.74 Å². The van der Waals surface area contributed by atoms with Gasteiger partial charge in [-0.05, 0) is 24.6 Å². The Bertz CT molecular complexity index is 344. The highest BCUT2D eigenvalue weighted by atomic mass is 19.3. The number of benzene rings is 1. The zero-order chi connectivity index (χ0) is 9.84. The Morgan fingerprint density at radius 1 is 1.46 bits per heavy atom. The monoisotopic (exact) mass is 183 g/mol. The quantitative estimate of drug-likeness (QED) is 0.705. The normalized spacial score (nSPS) is 9.77. The Morgan fingerprint density at radius 3 is 2.69 bits per heavy atom. The topological polar surface area (TPSA) is 33.0 Å². The van der Waals surface area contributed by atoms with Crippen LogP contribution in [0.4, 0.5) is 8.78 Å². The molecule has 13 heavy (non-hydrogen) atoms. The van der Waals surface area contributed by atoms with Gasteiger partial charge in [-0.3, -0.25) is 0 Å². The molecule has 0 aliphatic carbocycles. The third kappa shape index (κ3) is 2.41. The Kier molecular flexibility index (Phi) is 2.80. The molecular weight excluding hydrogens is 176 g/mol. The highest BCUT2D eigenvalue weighted by Gasteiger charge is 2.08. The molecule has 0 N–H and O–H groups in total. The summed E-state index contributed by atoms with van der Waals surface area (Å²) in [6, 6.07) is 6.29. The van der Waals surface area contributed by atoms with E-state index in [4.69, 9.17) is 5.26 Å². The predicted octanol–water partition coefficient (Wildman–Crippen LogP) is 2.47. The number of ether oxygens (including phenoxy) is 1. The van der Waals surface area contributed by atoms with Crippen molar-refractivity contribution in [1.82, 2.24) is 0 Å². The molecule has 0 aromatic heterocycles. The van der Waals surface area contributed by atoms with E-state index >= 15 is 0 Å². The van der Waals surface area contributed by atoms with Crippen molar-refractivity contribution in [2.75, 3.05) is 0 Å². The van der Waals surface area contributed by atoms with Crippen LogP contribution in [0.3, 0.4) is 0 Å². The molecule has 0 fully saturated rings. The first-order chi connectivity index (χ1) is 6.13. The van der Waals surface area contributed by atoms with Gasteiger partial charge in [0.15, 0.2) is 0 Å². The van der Waals surface area contributed by atoms with Crippen LogP contribution in [0, 0.1) is 18.3 Å². The van der Waals surface area contributed by atoms with Crippen LogP contribution in [0.15, 0.2) is 18.2 Å². The minimum atomic E-state index is -2.89. The van der Waals surface area contributed by atoms with Crippen LogP contribution in [0.5, 0.6) is 5.75 Å². The standard InChI is InChI=1S/C9H7F2NO/c1-6-2-3-7(5-12)8(4-6)13-9(10)11/h2-4,9H,1H3. The van der Waals surface area contributed by atoms with E-state index in [0.29, 0.717) is 0 Å². The Labute approximate surface area is 74.4 Å². The van der Waals surface area contributed by atoms with Gasteiger partial charge in [-0.2, -0.15) is 14.0 Å². The fraction of sp³-hybridized carbons (Fsp3) is 0.222. The molecule has 1 rings (SSSR count). The number of rotatable bonds is 2. The van der Waals surface area contributed by atoms with E-state index in [1.54, 1.807) is 19.1 Å². The van der Waals surface area contributed by atoms with Gasteiger partial charge in [0.05, 0.1) is 5.56 Å². The van der Waals surface area contributed by atoms with E-state index in [1.165, 1.54) is 12.1 Å². The van der Waals surface area contributed by atoms with Crippen LogP contribution in [-0.2, 0) is 0 Å². The molecule has 0 unspecified atom stereocenters. The van der Waals surface area contributed by atoms with Crippen molar-refractivity contribution in [3.63, 3.8) is 0 Å². The molecule has 0 saturated heterocycles. The first-order valence-electron chi connectivity index (χ1n) is 3.59. The highest BCUT2D eigenvalue weighted by Crippen LogP contribution is 2.21. The molecule has 0 amide bonds. The van der Waals surface area contributed by atoms with Gasteiger partial charge in [-0.1, -0.05) is 6.07 Å². The van der Waals surface area contributed by atoms with Gasteiger partial charge < -0.3 is 4.74 Å². The van der Waals surface area contributed by atoms with E-state index in [0.717, 1.165) is 5.56 Å². The van der Waals surface area contributed by atoms with E-state index in [-0.39, 0.29) is 11.3 Å². The number of nitriles is 1. The summed E-state index contributed by atoms with van der Waals surface area (Å²) in [5.74, 6) is -0.0718. The highest BCUT2D eigenvalue weighted by molar-refractivity contribution is 5.44. The average molecular weight is 183 g/mol.